The van der Waals surface area contributed by atoms with Crippen LogP contribution in [0.25, 0.3) is 0 Å². The number of carbonyl (C=O) groups excluding carboxylic acids is 1. The molecule has 1 rings (SSSR count). The molecule has 1 aromatic heterocycles. The fraction of sp³-hybridized carbons (Fsp3) is 0.500. The van der Waals surface area contributed by atoms with E-state index in [1.165, 1.54) is 0 Å². The van der Waals surface area contributed by atoms with E-state index in [-0.39, 0.29) is 6.10 Å². The van der Waals surface area contributed by atoms with Crippen molar-refractivity contribution < 1.29 is 9.53 Å². The van der Waals surface area contributed by atoms with E-state index in [0.29, 0.717) is 6.54 Å². The van der Waals surface area contributed by atoms with Crippen molar-refractivity contribution in [2.45, 2.75) is 19.6 Å². The largest absolute Gasteiger partial charge is 0.445 e. The van der Waals surface area contributed by atoms with Crippen LogP contribution in [0.2, 0.25) is 0 Å². The van der Waals surface area contributed by atoms with E-state index in [9.17, 15) is 4.79 Å². The second kappa shape index (κ2) is 3.70. The summed E-state index contributed by atoms with van der Waals surface area (Å²) in [5, 5.41) is 7.29. The minimum absolute atomic E-state index is 0.288. The molecule has 6 nitrogen and oxygen atoms in total. The van der Waals surface area contributed by atoms with Gasteiger partial charge in [0.1, 0.15) is 6.10 Å². The smallest absolute Gasteiger partial charge is 0.404 e. The first-order valence-corrected chi connectivity index (χ1v) is 3.48. The molecule has 1 atom stereocenters. The van der Waals surface area contributed by atoms with Crippen LogP contribution in [0.1, 0.15) is 6.92 Å². The molecule has 0 radical (unpaired) electrons. The summed E-state index contributed by atoms with van der Waals surface area (Å²) in [6, 6.07) is 0. The number of nitrogens with two attached hydrogens (primary N) is 1. The van der Waals surface area contributed by atoms with Gasteiger partial charge in [0, 0.05) is 6.20 Å². The molecule has 1 amide bonds. The topological polar surface area (TPSA) is 83.0 Å². The van der Waals surface area contributed by atoms with Crippen LogP contribution in [0.15, 0.2) is 12.4 Å². The lowest BCUT2D eigenvalue weighted by Gasteiger charge is -2.09. The summed E-state index contributed by atoms with van der Waals surface area (Å²) in [6.45, 7) is 2.19. The lowest BCUT2D eigenvalue weighted by atomic mass is 10.4. The van der Waals surface area contributed by atoms with Crippen LogP contribution in [-0.4, -0.2) is 27.2 Å². The molecule has 1 heterocycles. The highest BCUT2D eigenvalue weighted by atomic mass is 16.6. The molecule has 0 aliphatic heterocycles. The minimum Gasteiger partial charge on any atom is -0.445 e. The van der Waals surface area contributed by atoms with Crippen molar-refractivity contribution in [2.24, 2.45) is 5.73 Å². The zero-order valence-corrected chi connectivity index (χ0v) is 6.67. The van der Waals surface area contributed by atoms with Gasteiger partial charge in [0.25, 0.3) is 0 Å². The molecule has 0 aromatic carbocycles. The minimum atomic E-state index is -0.775. The standard InChI is InChI=1S/C6H10N4O2/c1-5(12-6(7)11)4-10-3-2-8-9-10/h2-3,5H,4H2,1H3,(H2,7,11)/t5-/m0/s1. The number of aromatic nitrogens is 3. The van der Waals surface area contributed by atoms with Crippen LogP contribution < -0.4 is 5.73 Å². The van der Waals surface area contributed by atoms with Gasteiger partial charge in [-0.1, -0.05) is 5.21 Å². The Labute approximate surface area is 69.3 Å². The third-order valence-corrected chi connectivity index (χ3v) is 1.23. The fourth-order valence-corrected chi connectivity index (χ4v) is 0.829. The Hall–Kier alpha value is -1.59. The summed E-state index contributed by atoms with van der Waals surface area (Å²) in [5.41, 5.74) is 4.82. The molecule has 0 unspecified atom stereocenters. The highest BCUT2D eigenvalue weighted by molar-refractivity contribution is 5.64. The summed E-state index contributed by atoms with van der Waals surface area (Å²) in [4.78, 5) is 10.3. The van der Waals surface area contributed by atoms with Crippen molar-refractivity contribution in [3.05, 3.63) is 12.4 Å². The number of primary amides is 1. The van der Waals surface area contributed by atoms with Crippen LogP contribution in [-0.2, 0) is 11.3 Å². The van der Waals surface area contributed by atoms with Crippen LogP contribution in [0.5, 0.6) is 0 Å². The van der Waals surface area contributed by atoms with Gasteiger partial charge in [-0.2, -0.15) is 0 Å². The summed E-state index contributed by atoms with van der Waals surface area (Å²) in [6.07, 6.45) is 2.17. The molecule has 0 fully saturated rings. The second-order valence-corrected chi connectivity index (χ2v) is 2.37. The molecule has 6 heteroatoms. The van der Waals surface area contributed by atoms with Gasteiger partial charge in [-0.3, -0.25) is 0 Å². The third kappa shape index (κ3) is 2.57. The normalized spacial score (nSPS) is 12.4. The third-order valence-electron chi connectivity index (χ3n) is 1.23. The Kier molecular flexibility index (Phi) is 2.62. The van der Waals surface area contributed by atoms with Gasteiger partial charge in [0.05, 0.1) is 12.7 Å². The second-order valence-electron chi connectivity index (χ2n) is 2.37. The molecule has 66 valence electrons. The van der Waals surface area contributed by atoms with E-state index >= 15 is 0 Å². The Morgan fingerprint density at radius 3 is 3.08 bits per heavy atom. The zero-order chi connectivity index (χ0) is 8.97. The number of ether oxygens (including phenoxy) is 1. The zero-order valence-electron chi connectivity index (χ0n) is 6.67. The number of hydrogen-bond acceptors (Lipinski definition) is 4. The molecule has 1 aromatic rings. The number of nitrogens with zero attached hydrogens (tertiary/aromatic N) is 3. The first-order chi connectivity index (χ1) is 5.68. The monoisotopic (exact) mass is 170 g/mol. The fourth-order valence-electron chi connectivity index (χ4n) is 0.829. The van der Waals surface area contributed by atoms with Crippen LogP contribution in [0.4, 0.5) is 4.79 Å². The first-order valence-electron chi connectivity index (χ1n) is 3.48. The van der Waals surface area contributed by atoms with E-state index in [2.05, 4.69) is 15.0 Å². The Morgan fingerprint density at radius 1 is 1.83 bits per heavy atom. The Morgan fingerprint density at radius 2 is 2.58 bits per heavy atom. The quantitative estimate of drug-likeness (QED) is 0.678. The molecule has 0 bridgehead atoms. The van der Waals surface area contributed by atoms with Crippen molar-refractivity contribution in [2.75, 3.05) is 0 Å². The number of rotatable bonds is 3. The SMILES string of the molecule is C[C@@H](Cn1ccnn1)OC(N)=O. The lowest BCUT2D eigenvalue weighted by Crippen LogP contribution is -2.24. The molecule has 12 heavy (non-hydrogen) atoms. The maximum Gasteiger partial charge on any atom is 0.404 e. The Balaban J connectivity index is 2.36. The summed E-state index contributed by atoms with van der Waals surface area (Å²) >= 11 is 0. The molecule has 0 aliphatic carbocycles. The van der Waals surface area contributed by atoms with Gasteiger partial charge in [-0.25, -0.2) is 9.48 Å². The summed E-state index contributed by atoms with van der Waals surface area (Å²) < 4.78 is 6.24. The van der Waals surface area contributed by atoms with Crippen LogP contribution in [0.3, 0.4) is 0 Å². The molecule has 2 N–H and O–H groups in total. The van der Waals surface area contributed by atoms with Crippen molar-refractivity contribution in [1.82, 2.24) is 15.0 Å². The van der Waals surface area contributed by atoms with Gasteiger partial charge in [0.15, 0.2) is 0 Å². The van der Waals surface area contributed by atoms with Gasteiger partial charge < -0.3 is 10.5 Å². The highest BCUT2D eigenvalue weighted by Gasteiger charge is 2.06. The maximum atomic E-state index is 10.3. The number of hydrogen-bond donors (Lipinski definition) is 1. The number of carbonyl (C=O) groups is 1. The van der Waals surface area contributed by atoms with Crippen molar-refractivity contribution in [3.8, 4) is 0 Å². The average Bonchev–Trinajstić information content (AvgIpc) is 2.37. The molecule has 0 saturated carbocycles. The van der Waals surface area contributed by atoms with E-state index in [0.717, 1.165) is 0 Å². The van der Waals surface area contributed by atoms with Crippen molar-refractivity contribution >= 4 is 6.09 Å². The van der Waals surface area contributed by atoms with E-state index in [1.807, 2.05) is 0 Å². The van der Waals surface area contributed by atoms with Crippen molar-refractivity contribution in [1.29, 1.82) is 0 Å². The van der Waals surface area contributed by atoms with Crippen molar-refractivity contribution in [3.63, 3.8) is 0 Å². The van der Waals surface area contributed by atoms with Gasteiger partial charge in [0.2, 0.25) is 0 Å². The van der Waals surface area contributed by atoms with E-state index in [1.54, 1.807) is 24.0 Å². The molecule has 0 spiro atoms. The Bertz CT molecular complexity index is 246. The predicted octanol–water partition coefficient (Wildman–Crippen LogP) is -0.238. The van der Waals surface area contributed by atoms with Gasteiger partial charge >= 0.3 is 6.09 Å². The van der Waals surface area contributed by atoms with E-state index < -0.39 is 6.09 Å². The van der Waals surface area contributed by atoms with E-state index in [4.69, 9.17) is 5.73 Å². The molecule has 0 saturated heterocycles. The lowest BCUT2D eigenvalue weighted by molar-refractivity contribution is 0.104. The molecular formula is C6H10N4O2. The number of amides is 1. The van der Waals surface area contributed by atoms with Crippen LogP contribution >= 0.6 is 0 Å². The first kappa shape index (κ1) is 8.51. The molecule has 0 aliphatic rings. The van der Waals surface area contributed by atoms with Crippen LogP contribution in [0, 0.1) is 0 Å². The highest BCUT2D eigenvalue weighted by Crippen LogP contribution is 1.93. The summed E-state index contributed by atoms with van der Waals surface area (Å²) in [5.74, 6) is 0. The predicted molar refractivity (Wildman–Crippen MR) is 40.2 cm³/mol. The van der Waals surface area contributed by atoms with Gasteiger partial charge in [-0.15, -0.1) is 5.10 Å². The van der Waals surface area contributed by atoms with Gasteiger partial charge in [-0.05, 0) is 6.92 Å². The maximum absolute atomic E-state index is 10.3. The average molecular weight is 170 g/mol. The summed E-state index contributed by atoms with van der Waals surface area (Å²) in [7, 11) is 0. The molecular weight excluding hydrogens is 160 g/mol.